The van der Waals surface area contributed by atoms with E-state index in [0.29, 0.717) is 34.3 Å². The molecule has 2 aromatic heterocycles. The van der Waals surface area contributed by atoms with Crippen molar-refractivity contribution in [2.24, 2.45) is 0 Å². The third-order valence-corrected chi connectivity index (χ3v) is 5.09. The first kappa shape index (κ1) is 23.5. The first-order valence-electron chi connectivity index (χ1n) is 10.9. The molecule has 0 aliphatic heterocycles. The summed E-state index contributed by atoms with van der Waals surface area (Å²) in [6, 6.07) is 19.2. The molecule has 4 aromatic rings. The van der Waals surface area contributed by atoms with Crippen molar-refractivity contribution >= 4 is 17.6 Å². The summed E-state index contributed by atoms with van der Waals surface area (Å²) < 4.78 is 17.2. The number of methoxy groups -OCH3 is 2. The fraction of sp³-hybridized carbons (Fsp3) is 0.154. The molecule has 0 bridgehead atoms. The van der Waals surface area contributed by atoms with Crippen LogP contribution in [0.25, 0.3) is 17.1 Å². The van der Waals surface area contributed by atoms with Crippen LogP contribution < -0.4 is 14.8 Å². The topological polar surface area (TPSA) is 105 Å². The molecule has 1 amide bonds. The maximum absolute atomic E-state index is 12.9. The van der Waals surface area contributed by atoms with Gasteiger partial charge in [-0.25, -0.2) is 14.5 Å². The van der Waals surface area contributed by atoms with Crippen LogP contribution in [-0.4, -0.2) is 47.5 Å². The Kier molecular flexibility index (Phi) is 7.06. The summed E-state index contributed by atoms with van der Waals surface area (Å²) in [4.78, 5) is 29.6. The second kappa shape index (κ2) is 10.5. The van der Waals surface area contributed by atoms with Crippen LogP contribution in [0.1, 0.15) is 27.8 Å². The highest BCUT2D eigenvalue weighted by Crippen LogP contribution is 2.27. The number of pyridine rings is 1. The zero-order valence-corrected chi connectivity index (χ0v) is 19.5. The molecule has 9 heteroatoms. The van der Waals surface area contributed by atoms with Crippen molar-refractivity contribution in [3.05, 3.63) is 84.2 Å². The predicted molar refractivity (Wildman–Crippen MR) is 130 cm³/mol. The molecule has 2 heterocycles. The van der Waals surface area contributed by atoms with E-state index in [-0.39, 0.29) is 18.2 Å². The Balaban J connectivity index is 1.68. The molecule has 0 aliphatic rings. The van der Waals surface area contributed by atoms with Crippen molar-refractivity contribution in [2.45, 2.75) is 6.92 Å². The molecule has 0 radical (unpaired) electrons. The quantitative estimate of drug-likeness (QED) is 0.380. The van der Waals surface area contributed by atoms with E-state index in [4.69, 9.17) is 14.2 Å². The third kappa shape index (κ3) is 5.30. The van der Waals surface area contributed by atoms with E-state index in [0.717, 1.165) is 5.56 Å². The fourth-order valence-electron chi connectivity index (χ4n) is 3.44. The number of nitrogens with one attached hydrogen (secondary N) is 1. The number of carbonyl (C=O) groups is 2. The lowest BCUT2D eigenvalue weighted by atomic mass is 10.1. The zero-order valence-electron chi connectivity index (χ0n) is 19.5. The summed E-state index contributed by atoms with van der Waals surface area (Å²) in [6.07, 6.45) is 1.64. The van der Waals surface area contributed by atoms with Crippen LogP contribution in [0.3, 0.4) is 0 Å². The number of amides is 1. The molecule has 0 fully saturated rings. The van der Waals surface area contributed by atoms with Gasteiger partial charge < -0.3 is 19.5 Å². The van der Waals surface area contributed by atoms with E-state index in [9.17, 15) is 9.59 Å². The molecule has 0 atom stereocenters. The summed E-state index contributed by atoms with van der Waals surface area (Å²) in [5, 5.41) is 7.31. The van der Waals surface area contributed by atoms with Crippen molar-refractivity contribution in [2.75, 3.05) is 26.1 Å². The molecular weight excluding hydrogens is 448 g/mol. The minimum absolute atomic E-state index is 0.158. The van der Waals surface area contributed by atoms with Gasteiger partial charge in [0, 0.05) is 29.1 Å². The van der Waals surface area contributed by atoms with Gasteiger partial charge in [0.05, 0.1) is 26.5 Å². The van der Waals surface area contributed by atoms with Crippen molar-refractivity contribution < 1.29 is 23.8 Å². The Bertz CT molecular complexity index is 1330. The molecule has 35 heavy (non-hydrogen) atoms. The Morgan fingerprint density at radius 1 is 0.943 bits per heavy atom. The maximum Gasteiger partial charge on any atom is 0.358 e. The molecule has 0 unspecified atom stereocenters. The number of aromatic nitrogens is 3. The van der Waals surface area contributed by atoms with Gasteiger partial charge in [-0.1, -0.05) is 18.2 Å². The summed E-state index contributed by atoms with van der Waals surface area (Å²) >= 11 is 0. The highest BCUT2D eigenvalue weighted by molar-refractivity contribution is 6.05. The van der Waals surface area contributed by atoms with Crippen LogP contribution in [0.5, 0.6) is 11.5 Å². The maximum atomic E-state index is 12.9. The average Bonchev–Trinajstić information content (AvgIpc) is 3.35. The number of anilines is 1. The average molecular weight is 473 g/mol. The van der Waals surface area contributed by atoms with Gasteiger partial charge in [0.2, 0.25) is 0 Å². The van der Waals surface area contributed by atoms with Crippen LogP contribution in [0.2, 0.25) is 0 Å². The largest absolute Gasteiger partial charge is 0.497 e. The summed E-state index contributed by atoms with van der Waals surface area (Å²) in [5.41, 5.74) is 2.44. The Hall–Kier alpha value is -4.66. The molecule has 178 valence electrons. The minimum Gasteiger partial charge on any atom is -0.497 e. The molecular formula is C26H24N4O5. The number of nitrogens with zero attached hydrogens (tertiary/aromatic N) is 3. The van der Waals surface area contributed by atoms with Gasteiger partial charge in [0.1, 0.15) is 11.5 Å². The van der Waals surface area contributed by atoms with Gasteiger partial charge in [-0.15, -0.1) is 0 Å². The van der Waals surface area contributed by atoms with Gasteiger partial charge in [0.15, 0.2) is 11.5 Å². The van der Waals surface area contributed by atoms with Gasteiger partial charge >= 0.3 is 5.97 Å². The highest BCUT2D eigenvalue weighted by atomic mass is 16.5. The second-order valence-corrected chi connectivity index (χ2v) is 7.37. The zero-order chi connectivity index (χ0) is 24.8. The number of carbonyl (C=O) groups excluding carboxylic acids is 2. The first-order valence-corrected chi connectivity index (χ1v) is 10.9. The minimum atomic E-state index is -0.528. The SMILES string of the molecule is CCOC(=O)c1cc(-c2cccc(NC(=O)c3cc(OC)cc(OC)c3)c2)n(-c2ccccn2)n1. The fourth-order valence-corrected chi connectivity index (χ4v) is 3.44. The van der Waals surface area contributed by atoms with Crippen molar-refractivity contribution in [3.8, 4) is 28.6 Å². The summed E-state index contributed by atoms with van der Waals surface area (Å²) in [5.74, 6) is 0.698. The third-order valence-electron chi connectivity index (χ3n) is 5.09. The molecule has 0 aliphatic carbocycles. The monoisotopic (exact) mass is 472 g/mol. The van der Waals surface area contributed by atoms with Crippen molar-refractivity contribution in [3.63, 3.8) is 0 Å². The van der Waals surface area contributed by atoms with Crippen LogP contribution in [0, 0.1) is 0 Å². The molecule has 0 saturated heterocycles. The van der Waals surface area contributed by atoms with Crippen LogP contribution in [0.15, 0.2) is 72.9 Å². The summed E-state index contributed by atoms with van der Waals surface area (Å²) in [6.45, 7) is 1.97. The van der Waals surface area contributed by atoms with Crippen LogP contribution in [-0.2, 0) is 4.74 Å². The molecule has 0 saturated carbocycles. The lowest BCUT2D eigenvalue weighted by Crippen LogP contribution is -2.12. The standard InChI is InChI=1S/C26H24N4O5/c1-4-35-26(32)22-16-23(30(29-22)24-10-5-6-11-27-24)17-8-7-9-19(12-17)28-25(31)18-13-20(33-2)15-21(14-18)34-3/h5-16H,4H2,1-3H3,(H,28,31). The number of hydrogen-bond acceptors (Lipinski definition) is 7. The van der Waals surface area contributed by atoms with Gasteiger partial charge in [0.25, 0.3) is 5.91 Å². The molecule has 1 N–H and O–H groups in total. The predicted octanol–water partition coefficient (Wildman–Crippen LogP) is 4.38. The van der Waals surface area contributed by atoms with Gasteiger partial charge in [-0.05, 0) is 49.4 Å². The normalized spacial score (nSPS) is 10.5. The number of ether oxygens (including phenoxy) is 3. The lowest BCUT2D eigenvalue weighted by Gasteiger charge is -2.11. The smallest absolute Gasteiger partial charge is 0.358 e. The molecule has 2 aromatic carbocycles. The van der Waals surface area contributed by atoms with Crippen LogP contribution in [0.4, 0.5) is 5.69 Å². The number of benzene rings is 2. The van der Waals surface area contributed by atoms with Crippen molar-refractivity contribution in [1.29, 1.82) is 0 Å². The van der Waals surface area contributed by atoms with E-state index in [1.165, 1.54) is 14.2 Å². The highest BCUT2D eigenvalue weighted by Gasteiger charge is 2.19. The number of rotatable bonds is 8. The van der Waals surface area contributed by atoms with E-state index in [2.05, 4.69) is 15.4 Å². The van der Waals surface area contributed by atoms with E-state index in [1.54, 1.807) is 72.4 Å². The van der Waals surface area contributed by atoms with E-state index >= 15 is 0 Å². The second-order valence-electron chi connectivity index (χ2n) is 7.37. The summed E-state index contributed by atoms with van der Waals surface area (Å²) in [7, 11) is 3.05. The number of hydrogen-bond donors (Lipinski definition) is 1. The van der Waals surface area contributed by atoms with Crippen molar-refractivity contribution in [1.82, 2.24) is 14.8 Å². The Morgan fingerprint density at radius 2 is 1.71 bits per heavy atom. The van der Waals surface area contributed by atoms with E-state index < -0.39 is 5.97 Å². The number of esters is 1. The first-order chi connectivity index (χ1) is 17.0. The van der Waals surface area contributed by atoms with Gasteiger partial charge in [-0.3, -0.25) is 4.79 Å². The molecule has 9 nitrogen and oxygen atoms in total. The van der Waals surface area contributed by atoms with Gasteiger partial charge in [-0.2, -0.15) is 5.10 Å². The Labute approximate surface area is 202 Å². The molecule has 4 rings (SSSR count). The van der Waals surface area contributed by atoms with E-state index in [1.807, 2.05) is 12.1 Å². The molecule has 0 spiro atoms. The lowest BCUT2D eigenvalue weighted by molar-refractivity contribution is 0.0518. The van der Waals surface area contributed by atoms with Crippen LogP contribution >= 0.6 is 0 Å². The Morgan fingerprint density at radius 3 is 2.37 bits per heavy atom.